The molecule has 132 valence electrons. The van der Waals surface area contributed by atoms with E-state index in [-0.39, 0.29) is 5.91 Å². The minimum atomic E-state index is -0.158. The summed E-state index contributed by atoms with van der Waals surface area (Å²) >= 11 is 6.15. The first-order valence-corrected chi connectivity index (χ1v) is 8.90. The Hall–Kier alpha value is -2.78. The number of rotatable bonds is 6. The van der Waals surface area contributed by atoms with Gasteiger partial charge in [0.2, 0.25) is 0 Å². The fraction of sp³-hybridized carbons (Fsp3) is 0.136. The van der Waals surface area contributed by atoms with Gasteiger partial charge in [-0.05, 0) is 42.3 Å². The summed E-state index contributed by atoms with van der Waals surface area (Å²) in [6.45, 7) is 2.41. The van der Waals surface area contributed by atoms with Crippen molar-refractivity contribution in [3.05, 3.63) is 94.5 Å². The highest BCUT2D eigenvalue weighted by Crippen LogP contribution is 2.21. The van der Waals surface area contributed by atoms with E-state index in [2.05, 4.69) is 12.2 Å². The van der Waals surface area contributed by atoms with Crippen LogP contribution in [0.2, 0.25) is 5.02 Å². The number of benzene rings is 3. The number of hydrogen-bond acceptors (Lipinski definition) is 2. The van der Waals surface area contributed by atoms with Gasteiger partial charge in [0.25, 0.3) is 5.91 Å². The average molecular weight is 366 g/mol. The van der Waals surface area contributed by atoms with Gasteiger partial charge in [0.15, 0.2) is 0 Å². The summed E-state index contributed by atoms with van der Waals surface area (Å²) in [6.07, 6.45) is 0.859. The van der Waals surface area contributed by atoms with Gasteiger partial charge in [-0.3, -0.25) is 4.79 Å². The van der Waals surface area contributed by atoms with Crippen molar-refractivity contribution in [2.24, 2.45) is 0 Å². The number of halogens is 1. The van der Waals surface area contributed by atoms with Crippen molar-refractivity contribution in [3.63, 3.8) is 0 Å². The number of para-hydroxylation sites is 1. The fourth-order valence-corrected chi connectivity index (χ4v) is 2.84. The molecule has 0 bridgehead atoms. The van der Waals surface area contributed by atoms with E-state index in [0.29, 0.717) is 22.9 Å². The van der Waals surface area contributed by atoms with Crippen molar-refractivity contribution >= 4 is 23.2 Å². The van der Waals surface area contributed by atoms with Crippen LogP contribution in [0, 0.1) is 0 Å². The molecule has 0 aliphatic rings. The van der Waals surface area contributed by atoms with Crippen LogP contribution in [0.3, 0.4) is 0 Å². The smallest absolute Gasteiger partial charge is 0.255 e. The van der Waals surface area contributed by atoms with Gasteiger partial charge in [-0.1, -0.05) is 61.0 Å². The zero-order chi connectivity index (χ0) is 18.4. The molecular formula is C22H20ClNO2. The molecule has 0 fully saturated rings. The quantitative estimate of drug-likeness (QED) is 0.605. The summed E-state index contributed by atoms with van der Waals surface area (Å²) in [5.74, 6) is 0.468. The van der Waals surface area contributed by atoms with Gasteiger partial charge in [-0.25, -0.2) is 0 Å². The van der Waals surface area contributed by atoms with Gasteiger partial charge in [-0.2, -0.15) is 0 Å². The Balaban J connectivity index is 1.70. The van der Waals surface area contributed by atoms with Crippen molar-refractivity contribution in [1.82, 2.24) is 0 Å². The van der Waals surface area contributed by atoms with E-state index in [1.165, 1.54) is 0 Å². The van der Waals surface area contributed by atoms with E-state index < -0.39 is 0 Å². The van der Waals surface area contributed by atoms with Crippen molar-refractivity contribution in [2.75, 3.05) is 5.32 Å². The van der Waals surface area contributed by atoms with Gasteiger partial charge in [0, 0.05) is 21.8 Å². The largest absolute Gasteiger partial charge is 0.489 e. The van der Waals surface area contributed by atoms with Gasteiger partial charge in [0.1, 0.15) is 12.4 Å². The summed E-state index contributed by atoms with van der Waals surface area (Å²) in [6, 6.07) is 22.5. The minimum absolute atomic E-state index is 0.158. The van der Waals surface area contributed by atoms with Crippen molar-refractivity contribution < 1.29 is 9.53 Å². The molecule has 0 heterocycles. The number of ether oxygens (including phenoxy) is 1. The van der Waals surface area contributed by atoms with Crippen LogP contribution in [0.5, 0.6) is 5.75 Å². The molecule has 1 N–H and O–H groups in total. The lowest BCUT2D eigenvalue weighted by Gasteiger charge is -2.11. The summed E-state index contributed by atoms with van der Waals surface area (Å²) < 4.78 is 5.79. The second kappa shape index (κ2) is 8.54. The van der Waals surface area contributed by atoms with Gasteiger partial charge < -0.3 is 10.1 Å². The first-order valence-electron chi connectivity index (χ1n) is 8.53. The lowest BCUT2D eigenvalue weighted by Crippen LogP contribution is -2.13. The summed E-state index contributed by atoms with van der Waals surface area (Å²) in [4.78, 5) is 12.6. The highest BCUT2D eigenvalue weighted by atomic mass is 35.5. The second-order valence-corrected chi connectivity index (χ2v) is 6.28. The predicted molar refractivity (Wildman–Crippen MR) is 106 cm³/mol. The zero-order valence-electron chi connectivity index (χ0n) is 14.5. The van der Waals surface area contributed by atoms with Crippen LogP contribution >= 0.6 is 11.6 Å². The molecule has 0 aliphatic carbocycles. The van der Waals surface area contributed by atoms with Crippen LogP contribution in [0.15, 0.2) is 72.8 Å². The Morgan fingerprint density at radius 2 is 1.69 bits per heavy atom. The van der Waals surface area contributed by atoms with Gasteiger partial charge >= 0.3 is 0 Å². The normalized spacial score (nSPS) is 10.4. The van der Waals surface area contributed by atoms with Crippen LogP contribution < -0.4 is 10.1 Å². The van der Waals surface area contributed by atoms with E-state index in [1.54, 1.807) is 12.1 Å². The third kappa shape index (κ3) is 4.44. The molecule has 0 aromatic heterocycles. The molecule has 0 unspecified atom stereocenters. The number of anilines is 1. The molecule has 3 nitrogen and oxygen atoms in total. The van der Waals surface area contributed by atoms with Crippen LogP contribution in [-0.2, 0) is 13.0 Å². The lowest BCUT2D eigenvalue weighted by atomic mass is 10.1. The molecule has 3 rings (SSSR count). The number of nitrogens with one attached hydrogen (secondary N) is 1. The molecule has 3 aromatic rings. The summed E-state index contributed by atoms with van der Waals surface area (Å²) in [5.41, 5.74) is 3.39. The standard InChI is InChI=1S/C22H20ClNO2/c1-2-16-8-4-6-13-21(16)24-22(25)17-10-7-11-19(14-17)26-15-18-9-3-5-12-20(18)23/h3-14H,2,15H2,1H3,(H,24,25). The second-order valence-electron chi connectivity index (χ2n) is 5.87. The monoisotopic (exact) mass is 365 g/mol. The molecule has 0 saturated heterocycles. The zero-order valence-corrected chi connectivity index (χ0v) is 15.3. The average Bonchev–Trinajstić information content (AvgIpc) is 2.68. The Morgan fingerprint density at radius 3 is 2.46 bits per heavy atom. The van der Waals surface area contributed by atoms with Crippen molar-refractivity contribution in [1.29, 1.82) is 0 Å². The van der Waals surface area contributed by atoms with Crippen LogP contribution in [0.25, 0.3) is 0 Å². The molecule has 0 spiro atoms. The third-order valence-corrected chi connectivity index (χ3v) is 4.46. The number of hydrogen-bond donors (Lipinski definition) is 1. The molecule has 26 heavy (non-hydrogen) atoms. The fourth-order valence-electron chi connectivity index (χ4n) is 2.65. The van der Waals surface area contributed by atoms with E-state index in [4.69, 9.17) is 16.3 Å². The molecule has 0 radical (unpaired) electrons. The molecule has 1 amide bonds. The van der Waals surface area contributed by atoms with Crippen LogP contribution in [0.1, 0.15) is 28.4 Å². The van der Waals surface area contributed by atoms with E-state index in [0.717, 1.165) is 23.2 Å². The Morgan fingerprint density at radius 1 is 0.962 bits per heavy atom. The number of carbonyl (C=O) groups excluding carboxylic acids is 1. The maximum absolute atomic E-state index is 12.6. The highest BCUT2D eigenvalue weighted by Gasteiger charge is 2.10. The van der Waals surface area contributed by atoms with Crippen LogP contribution in [-0.4, -0.2) is 5.91 Å². The van der Waals surface area contributed by atoms with E-state index in [1.807, 2.05) is 60.7 Å². The molecule has 4 heteroatoms. The SMILES string of the molecule is CCc1ccccc1NC(=O)c1cccc(OCc2ccccc2Cl)c1. The van der Waals surface area contributed by atoms with Crippen LogP contribution in [0.4, 0.5) is 5.69 Å². The minimum Gasteiger partial charge on any atom is -0.489 e. The van der Waals surface area contributed by atoms with Crippen molar-refractivity contribution in [2.45, 2.75) is 20.0 Å². The number of aryl methyl sites for hydroxylation is 1. The van der Waals surface area contributed by atoms with E-state index in [9.17, 15) is 4.79 Å². The summed E-state index contributed by atoms with van der Waals surface area (Å²) in [5, 5.41) is 3.64. The molecule has 0 aliphatic heterocycles. The predicted octanol–water partition coefficient (Wildman–Crippen LogP) is 5.73. The summed E-state index contributed by atoms with van der Waals surface area (Å²) in [7, 11) is 0. The maximum atomic E-state index is 12.6. The maximum Gasteiger partial charge on any atom is 0.255 e. The number of carbonyl (C=O) groups is 1. The lowest BCUT2D eigenvalue weighted by molar-refractivity contribution is 0.102. The molecule has 0 atom stereocenters. The Labute approximate surface area is 158 Å². The first-order chi connectivity index (χ1) is 12.7. The number of amides is 1. The molecule has 3 aromatic carbocycles. The van der Waals surface area contributed by atoms with E-state index >= 15 is 0 Å². The Kier molecular flexibility index (Phi) is 5.92. The van der Waals surface area contributed by atoms with Gasteiger partial charge in [-0.15, -0.1) is 0 Å². The molecule has 0 saturated carbocycles. The first kappa shape index (κ1) is 18.0. The van der Waals surface area contributed by atoms with Crippen molar-refractivity contribution in [3.8, 4) is 5.75 Å². The Bertz CT molecular complexity index is 908. The topological polar surface area (TPSA) is 38.3 Å². The third-order valence-electron chi connectivity index (χ3n) is 4.09. The molecular weight excluding hydrogens is 346 g/mol. The highest BCUT2D eigenvalue weighted by molar-refractivity contribution is 6.31. The van der Waals surface area contributed by atoms with Gasteiger partial charge in [0.05, 0.1) is 0 Å².